The quantitative estimate of drug-likeness (QED) is 0.531. The van der Waals surface area contributed by atoms with E-state index in [0.717, 1.165) is 16.9 Å². The van der Waals surface area contributed by atoms with Crippen LogP contribution in [0.4, 0.5) is 11.4 Å². The predicted octanol–water partition coefficient (Wildman–Crippen LogP) is 4.34. The van der Waals surface area contributed by atoms with E-state index in [0.29, 0.717) is 18.0 Å². The molecule has 0 aliphatic rings. The van der Waals surface area contributed by atoms with Crippen molar-refractivity contribution in [1.82, 2.24) is 4.98 Å². The number of nitrogens with one attached hydrogen (secondary N) is 2. The summed E-state index contributed by atoms with van der Waals surface area (Å²) in [4.78, 5) is 28.4. The Bertz CT molecular complexity index is 944. The van der Waals surface area contributed by atoms with Crippen LogP contribution in [0.5, 0.6) is 5.75 Å². The lowest BCUT2D eigenvalue weighted by Gasteiger charge is -2.11. The lowest BCUT2D eigenvalue weighted by molar-refractivity contribution is -0.114. The maximum absolute atomic E-state index is 12.2. The van der Waals surface area contributed by atoms with E-state index in [9.17, 15) is 9.59 Å². The number of nitrogens with zero attached hydrogens (tertiary/aromatic N) is 1. The number of hydrogen-bond donors (Lipinski definition) is 2. The lowest BCUT2D eigenvalue weighted by atomic mass is 10.2. The molecule has 0 fully saturated rings. The minimum atomic E-state index is -0.192. The normalized spacial score (nSPS) is 10.4. The highest BCUT2D eigenvalue weighted by Crippen LogP contribution is 2.25. The first kappa shape index (κ1) is 20.9. The summed E-state index contributed by atoms with van der Waals surface area (Å²) in [5.74, 6) is 0.614. The van der Waals surface area contributed by atoms with E-state index in [-0.39, 0.29) is 23.3 Å². The van der Waals surface area contributed by atoms with Crippen molar-refractivity contribution in [3.05, 3.63) is 70.7 Å². The summed E-state index contributed by atoms with van der Waals surface area (Å²) in [6, 6.07) is 14.8. The van der Waals surface area contributed by atoms with E-state index in [1.807, 2.05) is 48.7 Å². The summed E-state index contributed by atoms with van der Waals surface area (Å²) in [5, 5.41) is 7.57. The molecule has 29 heavy (non-hydrogen) atoms. The van der Waals surface area contributed by atoms with Gasteiger partial charge in [-0.2, -0.15) is 0 Å². The number of para-hydroxylation sites is 2. The van der Waals surface area contributed by atoms with Crippen molar-refractivity contribution >= 4 is 46.3 Å². The number of amides is 2. The highest BCUT2D eigenvalue weighted by molar-refractivity contribution is 8.00. The highest BCUT2D eigenvalue weighted by atomic mass is 32.2. The first-order chi connectivity index (χ1) is 14.1. The number of anilines is 2. The molecule has 2 amide bonds. The molecule has 0 radical (unpaired) electrons. The molecule has 6 nitrogen and oxygen atoms in total. The Morgan fingerprint density at radius 1 is 1.03 bits per heavy atom. The van der Waals surface area contributed by atoms with Crippen molar-refractivity contribution in [2.45, 2.75) is 13.5 Å². The van der Waals surface area contributed by atoms with Crippen LogP contribution in [0.15, 0.2) is 59.4 Å². The first-order valence-electron chi connectivity index (χ1n) is 8.93. The Labute approximate surface area is 177 Å². The van der Waals surface area contributed by atoms with Gasteiger partial charge in [-0.3, -0.25) is 9.59 Å². The van der Waals surface area contributed by atoms with Gasteiger partial charge in [0.2, 0.25) is 11.8 Å². The zero-order valence-corrected chi connectivity index (χ0v) is 17.5. The maximum Gasteiger partial charge on any atom is 0.234 e. The number of carbonyl (C=O) groups excluding carboxylic acids is 2. The Morgan fingerprint density at radius 2 is 1.76 bits per heavy atom. The predicted molar refractivity (Wildman–Crippen MR) is 119 cm³/mol. The number of hydrogen-bond acceptors (Lipinski definition) is 6. The maximum atomic E-state index is 12.2. The molecule has 0 aliphatic heterocycles. The van der Waals surface area contributed by atoms with Crippen LogP contribution in [-0.4, -0.2) is 28.3 Å². The number of thioether (sulfide) groups is 1. The molecular formula is C21H21N3O3S2. The van der Waals surface area contributed by atoms with Crippen LogP contribution in [0, 0.1) is 6.92 Å². The van der Waals surface area contributed by atoms with Crippen LogP contribution in [-0.2, 0) is 16.2 Å². The molecule has 0 saturated heterocycles. The summed E-state index contributed by atoms with van der Waals surface area (Å²) in [5.41, 5.74) is 5.06. The van der Waals surface area contributed by atoms with Crippen LogP contribution < -0.4 is 15.4 Å². The van der Waals surface area contributed by atoms with Crippen LogP contribution in [0.25, 0.3) is 0 Å². The van der Waals surface area contributed by atoms with Crippen molar-refractivity contribution in [3.63, 3.8) is 0 Å². The molecule has 2 aromatic carbocycles. The summed E-state index contributed by atoms with van der Waals surface area (Å²) in [6.45, 7) is 2.33. The summed E-state index contributed by atoms with van der Waals surface area (Å²) in [6.07, 6.45) is 0. The number of aromatic nitrogens is 1. The number of aryl methyl sites for hydroxylation is 1. The second kappa shape index (κ2) is 10.6. The van der Waals surface area contributed by atoms with Gasteiger partial charge in [0.05, 0.1) is 28.4 Å². The van der Waals surface area contributed by atoms with Gasteiger partial charge in [-0.25, -0.2) is 4.98 Å². The second-order valence-electron chi connectivity index (χ2n) is 6.22. The third-order valence-electron chi connectivity index (χ3n) is 3.82. The molecule has 0 bridgehead atoms. The number of benzene rings is 2. The van der Waals surface area contributed by atoms with Crippen molar-refractivity contribution in [2.24, 2.45) is 0 Å². The molecule has 2 N–H and O–H groups in total. The Hall–Kier alpha value is -2.84. The molecule has 0 spiro atoms. The van der Waals surface area contributed by atoms with Crippen LogP contribution in [0.3, 0.4) is 0 Å². The number of ether oxygens (including phenoxy) is 1. The molecule has 8 heteroatoms. The zero-order valence-electron chi connectivity index (χ0n) is 15.9. The van der Waals surface area contributed by atoms with Gasteiger partial charge in [0.1, 0.15) is 12.4 Å². The monoisotopic (exact) mass is 427 g/mol. The number of thiazole rings is 1. The average molecular weight is 428 g/mol. The number of carbonyl (C=O) groups is 2. The van der Waals surface area contributed by atoms with Crippen molar-refractivity contribution in [1.29, 1.82) is 0 Å². The Kier molecular flexibility index (Phi) is 7.66. The molecule has 3 aromatic rings. The fourth-order valence-corrected chi connectivity index (χ4v) is 3.57. The minimum absolute atomic E-state index is 0.140. The van der Waals surface area contributed by atoms with E-state index in [2.05, 4.69) is 15.6 Å². The van der Waals surface area contributed by atoms with E-state index in [4.69, 9.17) is 4.74 Å². The van der Waals surface area contributed by atoms with Gasteiger partial charge in [0.15, 0.2) is 0 Å². The SMILES string of the molecule is Cc1ccc(NC(=O)CSCC(=O)Nc2ccccc2OCc2cscn2)cc1. The van der Waals surface area contributed by atoms with Gasteiger partial charge in [-0.1, -0.05) is 29.8 Å². The molecule has 0 unspecified atom stereocenters. The van der Waals surface area contributed by atoms with Crippen molar-refractivity contribution in [2.75, 3.05) is 22.1 Å². The van der Waals surface area contributed by atoms with Gasteiger partial charge >= 0.3 is 0 Å². The van der Waals surface area contributed by atoms with Gasteiger partial charge in [-0.05, 0) is 31.2 Å². The third kappa shape index (κ3) is 6.92. The molecular weight excluding hydrogens is 406 g/mol. The summed E-state index contributed by atoms with van der Waals surface area (Å²) < 4.78 is 5.76. The standard InChI is InChI=1S/C21H21N3O3S2/c1-15-6-8-16(9-7-15)23-20(25)12-28-13-21(26)24-18-4-2-3-5-19(18)27-10-17-11-29-14-22-17/h2-9,11,14H,10,12-13H2,1H3,(H,23,25)(H,24,26). The topological polar surface area (TPSA) is 80.3 Å². The Morgan fingerprint density at radius 3 is 2.48 bits per heavy atom. The second-order valence-corrected chi connectivity index (χ2v) is 7.92. The van der Waals surface area contributed by atoms with Crippen molar-refractivity contribution in [3.8, 4) is 5.75 Å². The van der Waals surface area contributed by atoms with Crippen LogP contribution in [0.2, 0.25) is 0 Å². The highest BCUT2D eigenvalue weighted by Gasteiger charge is 2.10. The smallest absolute Gasteiger partial charge is 0.234 e. The molecule has 150 valence electrons. The molecule has 0 aliphatic carbocycles. The Balaban J connectivity index is 1.43. The van der Waals surface area contributed by atoms with Crippen LogP contribution >= 0.6 is 23.1 Å². The lowest BCUT2D eigenvalue weighted by Crippen LogP contribution is -2.18. The molecule has 1 aromatic heterocycles. The van der Waals surface area contributed by atoms with E-state index in [1.165, 1.54) is 23.1 Å². The van der Waals surface area contributed by atoms with Crippen LogP contribution in [0.1, 0.15) is 11.3 Å². The first-order valence-corrected chi connectivity index (χ1v) is 11.0. The fraction of sp³-hybridized carbons (Fsp3) is 0.190. The largest absolute Gasteiger partial charge is 0.485 e. The number of rotatable bonds is 9. The van der Waals surface area contributed by atoms with Gasteiger partial charge in [0, 0.05) is 11.1 Å². The van der Waals surface area contributed by atoms with E-state index in [1.54, 1.807) is 17.6 Å². The fourth-order valence-electron chi connectivity index (χ4n) is 2.41. The summed E-state index contributed by atoms with van der Waals surface area (Å²) >= 11 is 2.76. The zero-order chi connectivity index (χ0) is 20.5. The summed E-state index contributed by atoms with van der Waals surface area (Å²) in [7, 11) is 0. The molecule has 3 rings (SSSR count). The van der Waals surface area contributed by atoms with Gasteiger partial charge < -0.3 is 15.4 Å². The molecule has 1 heterocycles. The van der Waals surface area contributed by atoms with E-state index < -0.39 is 0 Å². The minimum Gasteiger partial charge on any atom is -0.485 e. The van der Waals surface area contributed by atoms with E-state index >= 15 is 0 Å². The van der Waals surface area contributed by atoms with Gasteiger partial charge in [-0.15, -0.1) is 23.1 Å². The van der Waals surface area contributed by atoms with Crippen molar-refractivity contribution < 1.29 is 14.3 Å². The third-order valence-corrected chi connectivity index (χ3v) is 5.39. The molecule has 0 saturated carbocycles. The van der Waals surface area contributed by atoms with Gasteiger partial charge in [0.25, 0.3) is 0 Å². The molecule has 0 atom stereocenters. The average Bonchev–Trinajstić information content (AvgIpc) is 3.23.